The van der Waals surface area contributed by atoms with Crippen LogP contribution in [-0.2, 0) is 10.0 Å². The van der Waals surface area contributed by atoms with Gasteiger partial charge in [0.15, 0.2) is 10.2 Å². The Labute approximate surface area is 140 Å². The zero-order valence-corrected chi connectivity index (χ0v) is 13.3. The number of imidazole rings is 1. The van der Waals surface area contributed by atoms with Crippen molar-refractivity contribution in [3.63, 3.8) is 0 Å². The number of rotatable bonds is 4. The topological polar surface area (TPSA) is 101 Å². The summed E-state index contributed by atoms with van der Waals surface area (Å²) in [5, 5.41) is 8.42. The van der Waals surface area contributed by atoms with Gasteiger partial charge in [0.05, 0.1) is 5.69 Å². The summed E-state index contributed by atoms with van der Waals surface area (Å²) in [7, 11) is -4.31. The molecule has 0 radical (unpaired) electrons. The van der Waals surface area contributed by atoms with Gasteiger partial charge in [-0.25, -0.2) is 14.2 Å². The van der Waals surface area contributed by atoms with Crippen LogP contribution in [0.5, 0.6) is 0 Å². The molecule has 3 aromatic rings. The summed E-state index contributed by atoms with van der Waals surface area (Å²) in [5.74, 6) is -2.66. The molecule has 1 aromatic carbocycles. The first-order valence-electron chi connectivity index (χ1n) is 6.48. The molecule has 0 unspecified atom stereocenters. The third-order valence-electron chi connectivity index (χ3n) is 3.17. The standard InChI is InChI=1S/C14H9ClFN3O4S/c15-12-13(19-7-2-1-6-10(19)17-12)24(22,23)18-9-5-3-4-8(16)11(9)14(20)21/h1-7,18H,(H,20,21). The van der Waals surface area contributed by atoms with Crippen LogP contribution in [0, 0.1) is 5.82 Å². The van der Waals surface area contributed by atoms with Crippen molar-refractivity contribution in [2.24, 2.45) is 0 Å². The molecule has 7 nitrogen and oxygen atoms in total. The smallest absolute Gasteiger partial charge is 0.340 e. The molecule has 0 spiro atoms. The van der Waals surface area contributed by atoms with Gasteiger partial charge in [0.1, 0.15) is 17.0 Å². The normalized spacial score (nSPS) is 11.6. The number of carbonyl (C=O) groups is 1. The van der Waals surface area contributed by atoms with Gasteiger partial charge in [-0.3, -0.25) is 9.12 Å². The molecule has 0 atom stereocenters. The Hall–Kier alpha value is -2.65. The molecule has 124 valence electrons. The molecule has 0 saturated heterocycles. The third kappa shape index (κ3) is 2.68. The first-order valence-corrected chi connectivity index (χ1v) is 8.34. The summed E-state index contributed by atoms with van der Waals surface area (Å²) >= 11 is 5.91. The number of pyridine rings is 1. The van der Waals surface area contributed by atoms with Crippen LogP contribution in [0.1, 0.15) is 10.4 Å². The van der Waals surface area contributed by atoms with Crippen molar-refractivity contribution < 1.29 is 22.7 Å². The van der Waals surface area contributed by atoms with E-state index in [0.717, 1.165) is 12.1 Å². The molecular formula is C14H9ClFN3O4S. The van der Waals surface area contributed by atoms with Crippen LogP contribution in [0.3, 0.4) is 0 Å². The maximum Gasteiger partial charge on any atom is 0.340 e. The lowest BCUT2D eigenvalue weighted by atomic mass is 10.2. The van der Waals surface area contributed by atoms with Crippen LogP contribution < -0.4 is 4.72 Å². The number of carboxylic acids is 1. The largest absolute Gasteiger partial charge is 0.478 e. The van der Waals surface area contributed by atoms with Crippen LogP contribution >= 0.6 is 11.6 Å². The second kappa shape index (κ2) is 5.77. The number of aromatic nitrogens is 2. The van der Waals surface area contributed by atoms with E-state index in [9.17, 15) is 17.6 Å². The number of carboxylic acid groups (broad SMARTS) is 1. The molecule has 0 amide bonds. The highest BCUT2D eigenvalue weighted by atomic mass is 35.5. The molecule has 0 aliphatic rings. The maximum absolute atomic E-state index is 13.7. The molecule has 10 heteroatoms. The lowest BCUT2D eigenvalue weighted by molar-refractivity contribution is 0.0693. The highest BCUT2D eigenvalue weighted by Crippen LogP contribution is 2.27. The lowest BCUT2D eigenvalue weighted by Crippen LogP contribution is -2.18. The predicted molar refractivity (Wildman–Crippen MR) is 84.4 cm³/mol. The highest BCUT2D eigenvalue weighted by molar-refractivity contribution is 7.92. The summed E-state index contributed by atoms with van der Waals surface area (Å²) in [4.78, 5) is 15.1. The minimum atomic E-state index is -4.31. The number of hydrogen-bond acceptors (Lipinski definition) is 4. The van der Waals surface area contributed by atoms with Crippen LogP contribution in [0.2, 0.25) is 5.15 Å². The van der Waals surface area contributed by atoms with E-state index in [-0.39, 0.29) is 10.2 Å². The van der Waals surface area contributed by atoms with Gasteiger partial charge in [0, 0.05) is 6.20 Å². The van der Waals surface area contributed by atoms with Crippen molar-refractivity contribution in [3.8, 4) is 0 Å². The Morgan fingerprint density at radius 3 is 2.71 bits per heavy atom. The second-order valence-corrected chi connectivity index (χ2v) is 6.67. The Morgan fingerprint density at radius 1 is 1.25 bits per heavy atom. The van der Waals surface area contributed by atoms with Gasteiger partial charge in [0.2, 0.25) is 0 Å². The average Bonchev–Trinajstić information content (AvgIpc) is 2.82. The second-order valence-electron chi connectivity index (χ2n) is 4.71. The van der Waals surface area contributed by atoms with E-state index in [2.05, 4.69) is 9.71 Å². The number of benzene rings is 1. The number of anilines is 1. The van der Waals surface area contributed by atoms with Gasteiger partial charge in [-0.2, -0.15) is 8.42 Å². The van der Waals surface area contributed by atoms with Crippen molar-refractivity contribution >= 4 is 38.9 Å². The molecular weight excluding hydrogens is 361 g/mol. The molecule has 2 N–H and O–H groups in total. The molecule has 0 fully saturated rings. The van der Waals surface area contributed by atoms with Crippen molar-refractivity contribution in [1.29, 1.82) is 0 Å². The number of fused-ring (bicyclic) bond motifs is 1. The van der Waals surface area contributed by atoms with Crippen LogP contribution in [0.15, 0.2) is 47.6 Å². The van der Waals surface area contributed by atoms with E-state index in [0.29, 0.717) is 5.65 Å². The Bertz CT molecular complexity index is 1070. The summed E-state index contributed by atoms with van der Waals surface area (Å²) in [6, 6.07) is 8.03. The van der Waals surface area contributed by atoms with E-state index < -0.39 is 33.1 Å². The molecule has 2 heterocycles. The lowest BCUT2D eigenvalue weighted by Gasteiger charge is -2.11. The SMILES string of the molecule is O=C(O)c1c(F)cccc1NS(=O)(=O)c1c(Cl)nc2ccccn12. The molecule has 24 heavy (non-hydrogen) atoms. The van der Waals surface area contributed by atoms with E-state index >= 15 is 0 Å². The third-order valence-corrected chi connectivity index (χ3v) is 4.94. The van der Waals surface area contributed by atoms with Gasteiger partial charge in [-0.15, -0.1) is 0 Å². The fourth-order valence-corrected chi connectivity index (χ4v) is 3.92. The zero-order chi connectivity index (χ0) is 17.5. The van der Waals surface area contributed by atoms with E-state index in [1.807, 2.05) is 0 Å². The van der Waals surface area contributed by atoms with Crippen molar-refractivity contribution in [1.82, 2.24) is 9.38 Å². The number of hydrogen-bond donors (Lipinski definition) is 2. The molecule has 2 aromatic heterocycles. The van der Waals surface area contributed by atoms with E-state index in [1.54, 1.807) is 18.2 Å². The number of sulfonamides is 1. The molecule has 3 rings (SSSR count). The minimum absolute atomic E-state index is 0.290. The van der Waals surface area contributed by atoms with E-state index in [1.165, 1.54) is 16.7 Å². The number of halogens is 2. The van der Waals surface area contributed by atoms with Crippen molar-refractivity contribution in [2.75, 3.05) is 4.72 Å². The Kier molecular flexibility index (Phi) is 3.90. The van der Waals surface area contributed by atoms with Gasteiger partial charge in [0.25, 0.3) is 10.0 Å². The van der Waals surface area contributed by atoms with Gasteiger partial charge < -0.3 is 5.11 Å². The first-order chi connectivity index (χ1) is 11.3. The molecule has 0 aliphatic carbocycles. The summed E-state index contributed by atoms with van der Waals surface area (Å²) in [6.45, 7) is 0. The molecule has 0 aliphatic heterocycles. The van der Waals surface area contributed by atoms with Gasteiger partial charge >= 0.3 is 5.97 Å². The van der Waals surface area contributed by atoms with Gasteiger partial charge in [-0.1, -0.05) is 23.7 Å². The van der Waals surface area contributed by atoms with Crippen molar-refractivity contribution in [2.45, 2.75) is 5.03 Å². The highest BCUT2D eigenvalue weighted by Gasteiger charge is 2.27. The number of aromatic carboxylic acids is 1. The molecule has 0 saturated carbocycles. The zero-order valence-electron chi connectivity index (χ0n) is 11.8. The van der Waals surface area contributed by atoms with Crippen LogP contribution in [0.25, 0.3) is 5.65 Å². The summed E-state index contributed by atoms with van der Waals surface area (Å²) in [5.41, 5.74) is -0.906. The van der Waals surface area contributed by atoms with Crippen LogP contribution in [-0.4, -0.2) is 28.9 Å². The minimum Gasteiger partial charge on any atom is -0.478 e. The van der Waals surface area contributed by atoms with E-state index in [4.69, 9.17) is 16.7 Å². The molecule has 0 bridgehead atoms. The van der Waals surface area contributed by atoms with Crippen molar-refractivity contribution in [3.05, 3.63) is 59.1 Å². The number of nitrogens with one attached hydrogen (secondary N) is 1. The fraction of sp³-hybridized carbons (Fsp3) is 0. The average molecular weight is 370 g/mol. The van der Waals surface area contributed by atoms with Gasteiger partial charge in [-0.05, 0) is 24.3 Å². The number of nitrogens with zero attached hydrogens (tertiary/aromatic N) is 2. The summed E-state index contributed by atoms with van der Waals surface area (Å²) in [6.07, 6.45) is 1.44. The fourth-order valence-electron chi connectivity index (χ4n) is 2.20. The van der Waals surface area contributed by atoms with Crippen LogP contribution in [0.4, 0.5) is 10.1 Å². The Morgan fingerprint density at radius 2 is 2.00 bits per heavy atom. The summed E-state index contributed by atoms with van der Waals surface area (Å²) < 4.78 is 42.2. The monoisotopic (exact) mass is 369 g/mol. The first kappa shape index (κ1) is 16.2. The Balaban J connectivity index is 2.15. The maximum atomic E-state index is 13.7. The quantitative estimate of drug-likeness (QED) is 0.736. The predicted octanol–water partition coefficient (Wildman–Crippen LogP) is 2.63.